The molecule has 0 bridgehead atoms. The Hall–Kier alpha value is -2.04. The van der Waals surface area contributed by atoms with Gasteiger partial charge in [0, 0.05) is 31.9 Å². The first-order chi connectivity index (χ1) is 9.50. The van der Waals surface area contributed by atoms with Gasteiger partial charge in [0.25, 0.3) is 5.71 Å². The predicted octanol–water partition coefficient (Wildman–Crippen LogP) is 1.45. The summed E-state index contributed by atoms with van der Waals surface area (Å²) in [6.45, 7) is 2.29. The van der Waals surface area contributed by atoms with E-state index in [1.165, 1.54) is 0 Å². The Kier molecular flexibility index (Phi) is 4.27. The second kappa shape index (κ2) is 5.94. The molecule has 0 aliphatic carbocycles. The van der Waals surface area contributed by atoms with Crippen LogP contribution in [0.25, 0.3) is 0 Å². The van der Waals surface area contributed by atoms with E-state index in [-0.39, 0.29) is 18.1 Å². The predicted molar refractivity (Wildman–Crippen MR) is 74.3 cm³/mol. The van der Waals surface area contributed by atoms with Crippen molar-refractivity contribution in [1.82, 2.24) is 4.98 Å². The van der Waals surface area contributed by atoms with E-state index < -0.39 is 5.97 Å². The molecule has 5 nitrogen and oxygen atoms in total. The number of carboxylic acid groups (broad SMARTS) is 1. The highest BCUT2D eigenvalue weighted by atomic mass is 16.4. The van der Waals surface area contributed by atoms with Gasteiger partial charge in [-0.25, -0.2) is 4.58 Å². The van der Waals surface area contributed by atoms with E-state index in [1.807, 2.05) is 23.8 Å². The average molecular weight is 275 g/mol. The summed E-state index contributed by atoms with van der Waals surface area (Å²) in [5.41, 5.74) is 2.37. The summed E-state index contributed by atoms with van der Waals surface area (Å²) in [7, 11) is 1.90. The van der Waals surface area contributed by atoms with Crippen LogP contribution in [-0.4, -0.2) is 45.7 Å². The van der Waals surface area contributed by atoms with E-state index in [4.69, 9.17) is 5.11 Å². The molecule has 1 aromatic rings. The minimum absolute atomic E-state index is 0.0145. The lowest BCUT2D eigenvalue weighted by Gasteiger charge is -2.13. The number of hydrogen-bond donors (Lipinski definition) is 1. The number of carbonyl (C=O) groups is 2. The summed E-state index contributed by atoms with van der Waals surface area (Å²) < 4.78 is 1.95. The number of ketones is 1. The fraction of sp³-hybridized carbons (Fsp3) is 0.467. The number of carboxylic acids is 1. The normalized spacial score (nSPS) is 18.4. The van der Waals surface area contributed by atoms with E-state index in [9.17, 15) is 9.59 Å². The maximum Gasteiger partial charge on any atom is 0.303 e. The number of hydrogen-bond acceptors (Lipinski definition) is 3. The summed E-state index contributed by atoms with van der Waals surface area (Å²) in [4.78, 5) is 27.1. The van der Waals surface area contributed by atoms with Crippen LogP contribution in [0.15, 0.2) is 18.3 Å². The molecule has 1 aromatic heterocycles. The number of nitrogens with zero attached hydrogens (tertiary/aromatic N) is 2. The molecule has 5 heteroatoms. The molecular formula is C15H19N2O3+. The van der Waals surface area contributed by atoms with Crippen molar-refractivity contribution in [3.8, 4) is 0 Å². The molecule has 0 amide bonds. The number of rotatable bonds is 4. The smallest absolute Gasteiger partial charge is 0.303 e. The maximum atomic E-state index is 11.9. The number of pyridine rings is 1. The topological polar surface area (TPSA) is 70.3 Å². The van der Waals surface area contributed by atoms with Crippen LogP contribution in [0.2, 0.25) is 0 Å². The van der Waals surface area contributed by atoms with Gasteiger partial charge in [0.15, 0.2) is 0 Å². The van der Waals surface area contributed by atoms with Gasteiger partial charge in [-0.05, 0) is 18.6 Å². The third-order valence-electron chi connectivity index (χ3n) is 3.72. The number of Topliss-reactive ketones (excluding diaryl/α,β-unsaturated/α-hetero) is 1. The molecule has 1 unspecified atom stereocenters. The summed E-state index contributed by atoms with van der Waals surface area (Å²) in [6.07, 6.45) is 3.19. The van der Waals surface area contributed by atoms with Crippen LogP contribution in [0.5, 0.6) is 0 Å². The van der Waals surface area contributed by atoms with Crippen molar-refractivity contribution in [3.05, 3.63) is 29.6 Å². The number of fused-ring (bicyclic) bond motifs is 1. The first-order valence-electron chi connectivity index (χ1n) is 6.76. The third-order valence-corrected chi connectivity index (χ3v) is 3.72. The molecular weight excluding hydrogens is 256 g/mol. The molecule has 0 radical (unpaired) electrons. The summed E-state index contributed by atoms with van der Waals surface area (Å²) in [5, 5.41) is 8.86. The van der Waals surface area contributed by atoms with Gasteiger partial charge in [0.1, 0.15) is 13.6 Å². The molecule has 0 fully saturated rings. The Morgan fingerprint density at radius 2 is 2.25 bits per heavy atom. The monoisotopic (exact) mass is 275 g/mol. The van der Waals surface area contributed by atoms with Crippen LogP contribution >= 0.6 is 0 Å². The molecule has 0 spiro atoms. The first kappa shape index (κ1) is 14.4. The summed E-state index contributed by atoms with van der Waals surface area (Å²) in [5.74, 6) is -0.696. The second-order valence-electron chi connectivity index (χ2n) is 5.18. The zero-order valence-electron chi connectivity index (χ0n) is 11.8. The fourth-order valence-electron chi connectivity index (χ4n) is 2.78. The van der Waals surface area contributed by atoms with Crippen LogP contribution in [0, 0.1) is 0 Å². The fourth-order valence-corrected chi connectivity index (χ4v) is 2.78. The van der Waals surface area contributed by atoms with Crippen molar-refractivity contribution >= 4 is 17.5 Å². The van der Waals surface area contributed by atoms with E-state index in [0.717, 1.165) is 24.2 Å². The van der Waals surface area contributed by atoms with Gasteiger partial charge in [0.2, 0.25) is 5.78 Å². The molecule has 2 heterocycles. The van der Waals surface area contributed by atoms with Crippen LogP contribution in [0.4, 0.5) is 0 Å². The molecule has 20 heavy (non-hydrogen) atoms. The summed E-state index contributed by atoms with van der Waals surface area (Å²) >= 11 is 0. The van der Waals surface area contributed by atoms with Gasteiger partial charge in [-0.15, -0.1) is 0 Å². The SMILES string of the molecule is CC(=O)C1=[N+](C)CCC(CCC(=O)O)c2ncccc21. The lowest BCUT2D eigenvalue weighted by molar-refractivity contribution is -0.496. The minimum Gasteiger partial charge on any atom is -0.481 e. The van der Waals surface area contributed by atoms with Crippen molar-refractivity contribution in [2.24, 2.45) is 0 Å². The quantitative estimate of drug-likeness (QED) is 0.844. The highest BCUT2D eigenvalue weighted by Crippen LogP contribution is 2.28. The van der Waals surface area contributed by atoms with Gasteiger partial charge < -0.3 is 5.11 Å². The van der Waals surface area contributed by atoms with Gasteiger partial charge in [-0.2, -0.15) is 0 Å². The maximum absolute atomic E-state index is 11.9. The number of aliphatic carboxylic acids is 1. The Morgan fingerprint density at radius 3 is 2.90 bits per heavy atom. The van der Waals surface area contributed by atoms with Gasteiger partial charge in [-0.1, -0.05) is 0 Å². The molecule has 106 valence electrons. The molecule has 1 aliphatic heterocycles. The van der Waals surface area contributed by atoms with E-state index >= 15 is 0 Å². The van der Waals surface area contributed by atoms with Crippen LogP contribution in [-0.2, 0) is 9.59 Å². The third kappa shape index (κ3) is 2.92. The zero-order chi connectivity index (χ0) is 14.7. The molecule has 1 aliphatic rings. The van der Waals surface area contributed by atoms with Crippen LogP contribution in [0.3, 0.4) is 0 Å². The van der Waals surface area contributed by atoms with Gasteiger partial charge in [0.05, 0.1) is 11.3 Å². The lowest BCUT2D eigenvalue weighted by Crippen LogP contribution is -2.25. The van der Waals surface area contributed by atoms with Crippen molar-refractivity contribution < 1.29 is 19.3 Å². The number of aromatic nitrogens is 1. The standard InChI is InChI=1S/C15H18N2O3/c1-10(18)15-12-4-3-8-16-14(12)11(5-6-13(19)20)7-9-17(15)2/h3-4,8,11H,5-7,9H2,1-2H3/p+1. The van der Waals surface area contributed by atoms with Crippen LogP contribution in [0.1, 0.15) is 43.4 Å². The zero-order valence-corrected chi connectivity index (χ0v) is 11.8. The Labute approximate surface area is 118 Å². The molecule has 0 saturated heterocycles. The largest absolute Gasteiger partial charge is 0.481 e. The Morgan fingerprint density at radius 1 is 1.50 bits per heavy atom. The highest BCUT2D eigenvalue weighted by molar-refractivity contribution is 6.43. The second-order valence-corrected chi connectivity index (χ2v) is 5.18. The number of carbonyl (C=O) groups excluding carboxylic acids is 1. The van der Waals surface area contributed by atoms with Crippen molar-refractivity contribution in [2.45, 2.75) is 32.1 Å². The lowest BCUT2D eigenvalue weighted by atomic mass is 9.91. The van der Waals surface area contributed by atoms with E-state index in [2.05, 4.69) is 4.98 Å². The van der Waals surface area contributed by atoms with Crippen molar-refractivity contribution in [3.63, 3.8) is 0 Å². The molecule has 1 atom stereocenters. The summed E-state index contributed by atoms with van der Waals surface area (Å²) in [6, 6.07) is 3.71. The van der Waals surface area contributed by atoms with Gasteiger partial charge in [-0.3, -0.25) is 14.6 Å². The average Bonchev–Trinajstić information content (AvgIpc) is 2.52. The van der Waals surface area contributed by atoms with E-state index in [1.54, 1.807) is 13.1 Å². The minimum atomic E-state index is -0.796. The van der Waals surface area contributed by atoms with E-state index in [0.29, 0.717) is 12.1 Å². The molecule has 1 N–H and O–H groups in total. The highest BCUT2D eigenvalue weighted by Gasteiger charge is 2.31. The molecule has 0 aromatic carbocycles. The first-order valence-corrected chi connectivity index (χ1v) is 6.76. The molecule has 0 saturated carbocycles. The Bertz CT molecular complexity index is 578. The van der Waals surface area contributed by atoms with Crippen molar-refractivity contribution in [1.29, 1.82) is 0 Å². The van der Waals surface area contributed by atoms with Crippen LogP contribution < -0.4 is 0 Å². The molecule has 2 rings (SSSR count). The van der Waals surface area contributed by atoms with Gasteiger partial charge >= 0.3 is 5.97 Å². The van der Waals surface area contributed by atoms with Crippen molar-refractivity contribution in [2.75, 3.05) is 13.6 Å². The Balaban J connectivity index is 2.43.